The van der Waals surface area contributed by atoms with Gasteiger partial charge in [-0.15, -0.1) is 0 Å². The van der Waals surface area contributed by atoms with Crippen LogP contribution in [-0.2, 0) is 14.4 Å². The highest BCUT2D eigenvalue weighted by atomic mass is 16.7. The fourth-order valence-corrected chi connectivity index (χ4v) is 2.78. The van der Waals surface area contributed by atoms with Gasteiger partial charge in [0.05, 0.1) is 5.56 Å². The van der Waals surface area contributed by atoms with E-state index >= 15 is 0 Å². The van der Waals surface area contributed by atoms with E-state index in [0.29, 0.717) is 16.5 Å². The van der Waals surface area contributed by atoms with Crippen molar-refractivity contribution in [2.24, 2.45) is 5.16 Å². The summed E-state index contributed by atoms with van der Waals surface area (Å²) in [4.78, 5) is 39.9. The molecule has 142 valence electrons. The molecule has 7 nitrogen and oxygen atoms in total. The van der Waals surface area contributed by atoms with Gasteiger partial charge in [0.25, 0.3) is 0 Å². The summed E-state index contributed by atoms with van der Waals surface area (Å²) < 4.78 is 10.8. The van der Waals surface area contributed by atoms with E-state index < -0.39 is 17.6 Å². The molecule has 0 amide bonds. The van der Waals surface area contributed by atoms with Gasteiger partial charge in [0.1, 0.15) is 11.5 Å². The normalized spacial score (nSPS) is 11.3. The molecule has 0 radical (unpaired) electrons. The molecule has 0 fully saturated rings. The van der Waals surface area contributed by atoms with Gasteiger partial charge in [-0.3, -0.25) is 4.79 Å². The molecule has 1 heterocycles. The van der Waals surface area contributed by atoms with Gasteiger partial charge in [-0.2, -0.15) is 0 Å². The van der Waals surface area contributed by atoms with E-state index in [2.05, 4.69) is 5.16 Å². The molecule has 0 spiro atoms. The Kier molecular flexibility index (Phi) is 5.35. The smallest absolute Gasteiger partial charge is 0.336 e. The molecule has 0 aliphatic carbocycles. The third-order valence-electron chi connectivity index (χ3n) is 3.88. The maximum absolute atomic E-state index is 12.0. The van der Waals surface area contributed by atoms with Crippen molar-refractivity contribution in [3.8, 4) is 5.75 Å². The van der Waals surface area contributed by atoms with Crippen LogP contribution < -0.4 is 10.4 Å². The first-order valence-electron chi connectivity index (χ1n) is 8.44. The summed E-state index contributed by atoms with van der Waals surface area (Å²) in [5.41, 5.74) is 1.30. The molecule has 2 aromatic carbocycles. The molecule has 0 unspecified atom stereocenters. The highest BCUT2D eigenvalue weighted by Gasteiger charge is 2.22. The van der Waals surface area contributed by atoms with Crippen LogP contribution >= 0.6 is 0 Å². The van der Waals surface area contributed by atoms with Crippen LogP contribution in [0.5, 0.6) is 5.75 Å². The summed E-state index contributed by atoms with van der Waals surface area (Å²) in [6.45, 7) is 4.23. The second-order valence-electron chi connectivity index (χ2n) is 6.05. The molecule has 3 rings (SSSR count). The number of fused-ring (bicyclic) bond motifs is 1. The molecule has 28 heavy (non-hydrogen) atoms. The Morgan fingerprint density at radius 3 is 2.36 bits per heavy atom. The highest BCUT2D eigenvalue weighted by Crippen LogP contribution is 2.32. The molecule has 0 N–H and O–H groups in total. The van der Waals surface area contributed by atoms with Crippen molar-refractivity contribution >= 4 is 28.6 Å². The Morgan fingerprint density at radius 2 is 1.71 bits per heavy atom. The van der Waals surface area contributed by atoms with Gasteiger partial charge in [0.2, 0.25) is 0 Å². The summed E-state index contributed by atoms with van der Waals surface area (Å²) in [5, 5.41) is 4.59. The van der Waals surface area contributed by atoms with Crippen LogP contribution in [0.4, 0.5) is 0 Å². The zero-order valence-corrected chi connectivity index (χ0v) is 15.5. The number of benzene rings is 2. The van der Waals surface area contributed by atoms with Crippen molar-refractivity contribution in [3.05, 3.63) is 75.6 Å². The van der Waals surface area contributed by atoms with E-state index in [9.17, 15) is 14.4 Å². The lowest BCUT2D eigenvalue weighted by molar-refractivity contribution is -0.141. The minimum Gasteiger partial charge on any atom is -0.426 e. The molecule has 0 atom stereocenters. The topological polar surface area (TPSA) is 95.2 Å². The zero-order valence-electron chi connectivity index (χ0n) is 15.5. The van der Waals surface area contributed by atoms with Gasteiger partial charge in [-0.05, 0) is 24.6 Å². The standard InChI is InChI=1S/C21H17NO6/c1-12-11-18(25)27-21-16(12)9-10-17(26-13(2)23)19(21)20(22-28-14(3)24)15-7-5-4-6-8-15/h4-11H,1-3H3/b22-20+. The number of hydrogen-bond donors (Lipinski definition) is 0. The Balaban J connectivity index is 2.41. The summed E-state index contributed by atoms with van der Waals surface area (Å²) in [6.07, 6.45) is 0. The van der Waals surface area contributed by atoms with Crippen molar-refractivity contribution in [3.63, 3.8) is 0 Å². The van der Waals surface area contributed by atoms with E-state index in [1.807, 2.05) is 6.07 Å². The highest BCUT2D eigenvalue weighted by molar-refractivity contribution is 6.20. The largest absolute Gasteiger partial charge is 0.426 e. The zero-order chi connectivity index (χ0) is 20.3. The molecule has 0 saturated carbocycles. The fourth-order valence-electron chi connectivity index (χ4n) is 2.78. The van der Waals surface area contributed by atoms with E-state index in [1.165, 1.54) is 19.9 Å². The van der Waals surface area contributed by atoms with E-state index in [4.69, 9.17) is 14.0 Å². The number of carbonyl (C=O) groups excluding carboxylic acids is 2. The predicted molar refractivity (Wildman–Crippen MR) is 102 cm³/mol. The van der Waals surface area contributed by atoms with Gasteiger partial charge < -0.3 is 14.0 Å². The molecular formula is C21H17NO6. The second kappa shape index (κ2) is 7.87. The monoisotopic (exact) mass is 379 g/mol. The Bertz CT molecular complexity index is 1140. The third-order valence-corrected chi connectivity index (χ3v) is 3.88. The molecule has 7 heteroatoms. The van der Waals surface area contributed by atoms with Crippen LogP contribution in [-0.4, -0.2) is 17.7 Å². The average Bonchev–Trinajstić information content (AvgIpc) is 2.63. The third kappa shape index (κ3) is 3.98. The summed E-state index contributed by atoms with van der Waals surface area (Å²) in [5.74, 6) is -1.06. The number of rotatable bonds is 4. The van der Waals surface area contributed by atoms with Gasteiger partial charge in [0.15, 0.2) is 5.58 Å². The van der Waals surface area contributed by atoms with Crippen LogP contribution in [0.25, 0.3) is 11.0 Å². The number of esters is 1. The lowest BCUT2D eigenvalue weighted by Crippen LogP contribution is -2.13. The number of nitrogens with zero attached hydrogens (tertiary/aromatic N) is 1. The summed E-state index contributed by atoms with van der Waals surface area (Å²) >= 11 is 0. The van der Waals surface area contributed by atoms with Crippen LogP contribution in [0.3, 0.4) is 0 Å². The number of hydrogen-bond acceptors (Lipinski definition) is 7. The van der Waals surface area contributed by atoms with Gasteiger partial charge in [-0.25, -0.2) is 9.59 Å². The van der Waals surface area contributed by atoms with Gasteiger partial charge in [0, 0.05) is 30.9 Å². The maximum atomic E-state index is 12.0. The maximum Gasteiger partial charge on any atom is 0.336 e. The average molecular weight is 379 g/mol. The van der Waals surface area contributed by atoms with Crippen LogP contribution in [0.15, 0.2) is 62.9 Å². The van der Waals surface area contributed by atoms with E-state index in [1.54, 1.807) is 43.3 Å². The molecule has 0 bridgehead atoms. The lowest BCUT2D eigenvalue weighted by Gasteiger charge is -2.14. The van der Waals surface area contributed by atoms with Crippen LogP contribution in [0.1, 0.15) is 30.5 Å². The molecule has 3 aromatic rings. The lowest BCUT2D eigenvalue weighted by atomic mass is 9.98. The van der Waals surface area contributed by atoms with Gasteiger partial charge >= 0.3 is 17.6 Å². The van der Waals surface area contributed by atoms with Crippen molar-refractivity contribution in [1.82, 2.24) is 0 Å². The molecular weight excluding hydrogens is 362 g/mol. The number of aryl methyl sites for hydroxylation is 1. The Labute approximate surface area is 160 Å². The molecule has 0 aliphatic heterocycles. The van der Waals surface area contributed by atoms with E-state index in [-0.39, 0.29) is 22.6 Å². The van der Waals surface area contributed by atoms with Crippen molar-refractivity contribution in [2.75, 3.05) is 0 Å². The Morgan fingerprint density at radius 1 is 1.00 bits per heavy atom. The quantitative estimate of drug-likeness (QED) is 0.172. The number of oxime groups is 1. The Hall–Kier alpha value is -3.74. The number of ether oxygens (including phenoxy) is 1. The molecule has 0 aliphatic rings. The minimum absolute atomic E-state index is 0.128. The predicted octanol–water partition coefficient (Wildman–Crippen LogP) is 3.34. The summed E-state index contributed by atoms with van der Waals surface area (Å²) in [6, 6.07) is 13.5. The van der Waals surface area contributed by atoms with Crippen molar-refractivity contribution < 1.29 is 23.6 Å². The van der Waals surface area contributed by atoms with Crippen LogP contribution in [0.2, 0.25) is 0 Å². The molecule has 0 saturated heterocycles. The first-order chi connectivity index (χ1) is 13.4. The van der Waals surface area contributed by atoms with E-state index in [0.717, 1.165) is 0 Å². The first kappa shape index (κ1) is 19.0. The van der Waals surface area contributed by atoms with Crippen molar-refractivity contribution in [2.45, 2.75) is 20.8 Å². The fraction of sp³-hybridized carbons (Fsp3) is 0.143. The van der Waals surface area contributed by atoms with Crippen molar-refractivity contribution in [1.29, 1.82) is 0 Å². The molecule has 1 aromatic heterocycles. The first-order valence-corrected chi connectivity index (χ1v) is 8.44. The van der Waals surface area contributed by atoms with Gasteiger partial charge in [-0.1, -0.05) is 35.5 Å². The second-order valence-corrected chi connectivity index (χ2v) is 6.05. The summed E-state index contributed by atoms with van der Waals surface area (Å²) in [7, 11) is 0. The minimum atomic E-state index is -0.625. The van der Waals surface area contributed by atoms with Crippen LogP contribution in [0, 0.1) is 6.92 Å². The SMILES string of the molecule is CC(=O)O/N=C(\c1ccccc1)c1c(OC(C)=O)ccc2c(C)cc(=O)oc12. The number of carbonyl (C=O) groups is 2.